The lowest BCUT2D eigenvalue weighted by atomic mass is 10.0. The molecular weight excluding hydrogens is 626 g/mol. The first kappa shape index (κ1) is 32.7. The number of nitrogens with zero attached hydrogens (tertiary/aromatic N) is 4. The van der Waals surface area contributed by atoms with Crippen molar-refractivity contribution in [2.75, 3.05) is 77.6 Å². The number of hydrogen-bond acceptors (Lipinski definition) is 10. The maximum absolute atomic E-state index is 13.7. The first-order chi connectivity index (χ1) is 21.6. The van der Waals surface area contributed by atoms with Crippen LogP contribution in [0.25, 0.3) is 0 Å². The summed E-state index contributed by atoms with van der Waals surface area (Å²) in [5, 5.41) is 3.26. The molecular formula is C29H37N5O9S2. The van der Waals surface area contributed by atoms with Crippen LogP contribution in [0.3, 0.4) is 0 Å². The fourth-order valence-corrected chi connectivity index (χ4v) is 8.11. The summed E-state index contributed by atoms with van der Waals surface area (Å²) in [7, 11) is -3.85. The third kappa shape index (κ3) is 7.08. The standard InChI is InChI=1S/C29H37N5O9S2/c1-3-42-28(37)32-11-13-34(14-12-32)45(39,40)21-7-5-20(6-8-21)25(35)30-26-24(27(36)31-15-17-41-18-16-31)22-9-10-33(19-23(22)44-26)29(38)43-4-2/h5-8H,3-4,9-19H2,1-2H3,(H,30,35). The molecule has 0 bridgehead atoms. The summed E-state index contributed by atoms with van der Waals surface area (Å²) in [5.74, 6) is -0.709. The minimum atomic E-state index is -3.85. The van der Waals surface area contributed by atoms with Crippen molar-refractivity contribution in [2.45, 2.75) is 31.7 Å². The first-order valence-corrected chi connectivity index (χ1v) is 17.2. The van der Waals surface area contributed by atoms with Crippen LogP contribution in [0.2, 0.25) is 0 Å². The number of fused-ring (bicyclic) bond motifs is 1. The molecule has 3 aliphatic rings. The van der Waals surface area contributed by atoms with Crippen molar-refractivity contribution < 1.29 is 41.8 Å². The average molecular weight is 664 g/mol. The van der Waals surface area contributed by atoms with Crippen LogP contribution in [0, 0.1) is 0 Å². The van der Waals surface area contributed by atoms with Gasteiger partial charge in [0.2, 0.25) is 10.0 Å². The average Bonchev–Trinajstić information content (AvgIpc) is 3.42. The Morgan fingerprint density at radius 1 is 0.844 bits per heavy atom. The Bertz CT molecular complexity index is 1530. The Balaban J connectivity index is 1.32. The lowest BCUT2D eigenvalue weighted by molar-refractivity contribution is 0.0303. The van der Waals surface area contributed by atoms with Crippen LogP contribution >= 0.6 is 11.3 Å². The molecule has 4 heterocycles. The first-order valence-electron chi connectivity index (χ1n) is 14.9. The number of nitrogens with one attached hydrogen (secondary N) is 1. The number of amides is 4. The number of thiophene rings is 1. The van der Waals surface area contributed by atoms with Gasteiger partial charge in [0.15, 0.2) is 0 Å². The maximum Gasteiger partial charge on any atom is 0.410 e. The summed E-state index contributed by atoms with van der Waals surface area (Å²) in [5.41, 5.74) is 1.43. The molecule has 1 N–H and O–H groups in total. The van der Waals surface area contributed by atoms with Gasteiger partial charge in [-0.2, -0.15) is 4.31 Å². The number of rotatable bonds is 7. The van der Waals surface area contributed by atoms with Crippen molar-refractivity contribution in [1.29, 1.82) is 0 Å². The van der Waals surface area contributed by atoms with Crippen LogP contribution in [0.4, 0.5) is 14.6 Å². The van der Waals surface area contributed by atoms with E-state index in [-0.39, 0.29) is 62.3 Å². The van der Waals surface area contributed by atoms with E-state index in [2.05, 4.69) is 5.32 Å². The Kier molecular flexibility index (Phi) is 10.3. The van der Waals surface area contributed by atoms with Crippen molar-refractivity contribution in [3.8, 4) is 0 Å². The predicted octanol–water partition coefficient (Wildman–Crippen LogP) is 2.45. The molecule has 0 saturated carbocycles. The molecule has 2 aromatic rings. The fraction of sp³-hybridized carbons (Fsp3) is 0.517. The Morgan fingerprint density at radius 3 is 2.09 bits per heavy atom. The van der Waals surface area contributed by atoms with Crippen molar-refractivity contribution in [3.63, 3.8) is 0 Å². The van der Waals surface area contributed by atoms with Gasteiger partial charge in [-0.1, -0.05) is 0 Å². The van der Waals surface area contributed by atoms with Gasteiger partial charge in [-0.15, -0.1) is 11.3 Å². The van der Waals surface area contributed by atoms with Crippen LogP contribution in [0.15, 0.2) is 29.2 Å². The van der Waals surface area contributed by atoms with E-state index < -0.39 is 28.1 Å². The van der Waals surface area contributed by atoms with Crippen LogP contribution < -0.4 is 5.32 Å². The number of carbonyl (C=O) groups is 4. The third-order valence-electron chi connectivity index (χ3n) is 7.84. The highest BCUT2D eigenvalue weighted by atomic mass is 32.2. The summed E-state index contributed by atoms with van der Waals surface area (Å²) in [4.78, 5) is 57.0. The molecule has 0 radical (unpaired) electrons. The number of sulfonamides is 1. The van der Waals surface area contributed by atoms with Gasteiger partial charge in [0.25, 0.3) is 11.8 Å². The molecule has 0 atom stereocenters. The molecule has 0 aliphatic carbocycles. The molecule has 4 amide bonds. The predicted molar refractivity (Wildman–Crippen MR) is 164 cm³/mol. The number of benzene rings is 1. The highest BCUT2D eigenvalue weighted by Gasteiger charge is 2.34. The second-order valence-electron chi connectivity index (χ2n) is 10.6. The molecule has 244 valence electrons. The summed E-state index contributed by atoms with van der Waals surface area (Å²) in [6, 6.07) is 5.60. The zero-order valence-electron chi connectivity index (χ0n) is 25.3. The Labute approximate surface area is 265 Å². The molecule has 1 aromatic carbocycles. The summed E-state index contributed by atoms with van der Waals surface area (Å²) < 4.78 is 43.4. The van der Waals surface area contributed by atoms with Gasteiger partial charge < -0.3 is 34.2 Å². The van der Waals surface area contributed by atoms with Gasteiger partial charge in [0.05, 0.1) is 43.4 Å². The van der Waals surface area contributed by atoms with E-state index in [1.54, 1.807) is 23.6 Å². The highest BCUT2D eigenvalue weighted by molar-refractivity contribution is 7.89. The number of anilines is 1. The zero-order chi connectivity index (χ0) is 32.1. The minimum absolute atomic E-state index is 0.0254. The molecule has 0 spiro atoms. The van der Waals surface area contributed by atoms with Gasteiger partial charge in [0, 0.05) is 56.3 Å². The molecule has 0 unspecified atom stereocenters. The normalized spacial score (nSPS) is 17.4. The molecule has 2 saturated heterocycles. The second-order valence-corrected chi connectivity index (χ2v) is 13.6. The van der Waals surface area contributed by atoms with E-state index in [9.17, 15) is 27.6 Å². The lowest BCUT2D eigenvalue weighted by Gasteiger charge is -2.33. The molecule has 1 aromatic heterocycles. The highest BCUT2D eigenvalue weighted by Crippen LogP contribution is 2.38. The Hall–Kier alpha value is -3.73. The van der Waals surface area contributed by atoms with Gasteiger partial charge in [-0.05, 0) is 50.1 Å². The minimum Gasteiger partial charge on any atom is -0.450 e. The zero-order valence-corrected chi connectivity index (χ0v) is 26.9. The van der Waals surface area contributed by atoms with Crippen LogP contribution in [0.5, 0.6) is 0 Å². The summed E-state index contributed by atoms with van der Waals surface area (Å²) in [6.45, 7) is 6.97. The monoisotopic (exact) mass is 663 g/mol. The molecule has 3 aliphatic heterocycles. The van der Waals surface area contributed by atoms with Crippen LogP contribution in [0.1, 0.15) is 45.0 Å². The molecule has 45 heavy (non-hydrogen) atoms. The van der Waals surface area contributed by atoms with Crippen molar-refractivity contribution in [3.05, 3.63) is 45.8 Å². The van der Waals surface area contributed by atoms with E-state index in [1.807, 2.05) is 0 Å². The number of ether oxygens (including phenoxy) is 3. The van der Waals surface area contributed by atoms with Gasteiger partial charge >= 0.3 is 12.2 Å². The van der Waals surface area contributed by atoms with Crippen molar-refractivity contribution in [2.24, 2.45) is 0 Å². The second kappa shape index (κ2) is 14.1. The fourth-order valence-electron chi connectivity index (χ4n) is 5.44. The SMILES string of the molecule is CCOC(=O)N1CCN(S(=O)(=O)c2ccc(C(=O)Nc3sc4c(c3C(=O)N3CCOCC3)CCN(C(=O)OCC)C4)cc2)CC1. The van der Waals surface area contributed by atoms with Gasteiger partial charge in [-0.25, -0.2) is 18.0 Å². The van der Waals surface area contributed by atoms with Gasteiger partial charge in [0.1, 0.15) is 5.00 Å². The topological polar surface area (TPSA) is 155 Å². The molecule has 2 fully saturated rings. The largest absolute Gasteiger partial charge is 0.450 e. The van der Waals surface area contributed by atoms with Crippen molar-refractivity contribution in [1.82, 2.24) is 19.0 Å². The number of piperazine rings is 1. The Morgan fingerprint density at radius 2 is 1.47 bits per heavy atom. The maximum atomic E-state index is 13.7. The lowest BCUT2D eigenvalue weighted by Crippen LogP contribution is -2.50. The summed E-state index contributed by atoms with van der Waals surface area (Å²) >= 11 is 1.25. The number of hydrogen-bond donors (Lipinski definition) is 1. The quantitative estimate of drug-likeness (QED) is 0.470. The third-order valence-corrected chi connectivity index (χ3v) is 10.9. The number of carbonyl (C=O) groups excluding carboxylic acids is 4. The van der Waals surface area contributed by atoms with E-state index >= 15 is 0 Å². The molecule has 14 nitrogen and oxygen atoms in total. The molecule has 5 rings (SSSR count). The van der Waals surface area contributed by atoms with Crippen molar-refractivity contribution >= 4 is 50.4 Å². The molecule has 16 heteroatoms. The smallest absolute Gasteiger partial charge is 0.410 e. The van der Waals surface area contributed by atoms with E-state index in [0.717, 1.165) is 10.4 Å². The van der Waals surface area contributed by atoms with Crippen LogP contribution in [-0.4, -0.2) is 124 Å². The van der Waals surface area contributed by atoms with E-state index in [0.29, 0.717) is 49.8 Å². The van der Waals surface area contributed by atoms with E-state index in [4.69, 9.17) is 14.2 Å². The van der Waals surface area contributed by atoms with Gasteiger partial charge in [-0.3, -0.25) is 9.59 Å². The van der Waals surface area contributed by atoms with Crippen LogP contribution in [-0.2, 0) is 37.2 Å². The number of morpholine rings is 1. The summed E-state index contributed by atoms with van der Waals surface area (Å²) in [6.07, 6.45) is -0.464. The van der Waals surface area contributed by atoms with E-state index in [1.165, 1.54) is 44.8 Å².